The normalized spacial score (nSPS) is 10.0. The largest absolute Gasteiger partial charge is 0.508 e. The summed E-state index contributed by atoms with van der Waals surface area (Å²) in [7, 11) is -2.13. The van der Waals surface area contributed by atoms with E-state index in [4.69, 9.17) is 15.2 Å². The van der Waals surface area contributed by atoms with Crippen molar-refractivity contribution in [3.63, 3.8) is 0 Å². The summed E-state index contributed by atoms with van der Waals surface area (Å²) >= 11 is 0. The molecule has 0 saturated heterocycles. The fourth-order valence-corrected chi connectivity index (χ4v) is 0.783. The van der Waals surface area contributed by atoms with Crippen molar-refractivity contribution < 1.29 is 23.9 Å². The van der Waals surface area contributed by atoms with Crippen molar-refractivity contribution in [2.45, 2.75) is 0 Å². The fourth-order valence-electron chi connectivity index (χ4n) is 0.783. The fraction of sp³-hybridized carbons (Fsp3) is 0. The Morgan fingerprint density at radius 2 is 1.75 bits per heavy atom. The third-order valence-electron chi connectivity index (χ3n) is 1.32. The van der Waals surface area contributed by atoms with Crippen molar-refractivity contribution in [3.8, 4) is 5.75 Å². The van der Waals surface area contributed by atoms with Crippen LogP contribution in [0, 0.1) is 11.6 Å². The third-order valence-corrected chi connectivity index (χ3v) is 1.32. The molecule has 1 rings (SSSR count). The highest BCUT2D eigenvalue weighted by atomic mass is 19.2. The zero-order valence-corrected chi connectivity index (χ0v) is 5.83. The van der Waals surface area contributed by atoms with Gasteiger partial charge in [-0.2, -0.15) is 0 Å². The predicted molar refractivity (Wildman–Crippen MR) is 37.8 cm³/mol. The molecule has 1 aromatic carbocycles. The van der Waals surface area contributed by atoms with Crippen molar-refractivity contribution >= 4 is 12.6 Å². The molecule has 0 aliphatic carbocycles. The molecule has 0 saturated carbocycles. The molecule has 0 spiro atoms. The van der Waals surface area contributed by atoms with E-state index in [1.165, 1.54) is 0 Å². The van der Waals surface area contributed by atoms with Gasteiger partial charge >= 0.3 is 7.12 Å². The Morgan fingerprint density at radius 1 is 1.17 bits per heavy atom. The Balaban J connectivity index is 3.28. The quantitative estimate of drug-likeness (QED) is 0.495. The molecular weight excluding hydrogens is 169 g/mol. The molecule has 0 atom stereocenters. The van der Waals surface area contributed by atoms with E-state index >= 15 is 0 Å². The van der Waals surface area contributed by atoms with Crippen LogP contribution >= 0.6 is 0 Å². The van der Waals surface area contributed by atoms with E-state index in [1.807, 2.05) is 0 Å². The second kappa shape index (κ2) is 3.08. The highest BCUT2D eigenvalue weighted by molar-refractivity contribution is 6.58. The molecule has 12 heavy (non-hydrogen) atoms. The van der Waals surface area contributed by atoms with Crippen molar-refractivity contribution in [2.24, 2.45) is 0 Å². The molecule has 1 aromatic rings. The minimum atomic E-state index is -2.13. The summed E-state index contributed by atoms with van der Waals surface area (Å²) in [5, 5.41) is 25.7. The maximum Gasteiger partial charge on any atom is 0.491 e. The van der Waals surface area contributed by atoms with Gasteiger partial charge in [-0.1, -0.05) is 0 Å². The van der Waals surface area contributed by atoms with Gasteiger partial charge < -0.3 is 15.2 Å². The lowest BCUT2D eigenvalue weighted by Gasteiger charge is -2.02. The summed E-state index contributed by atoms with van der Waals surface area (Å²) in [6.45, 7) is 0. The molecule has 0 aromatic heterocycles. The zero-order chi connectivity index (χ0) is 9.30. The Bertz CT molecular complexity index is 303. The molecule has 0 radical (unpaired) electrons. The minimum Gasteiger partial charge on any atom is -0.508 e. The molecule has 0 bridgehead atoms. The number of hydrogen-bond acceptors (Lipinski definition) is 3. The van der Waals surface area contributed by atoms with E-state index in [-0.39, 0.29) is 0 Å². The van der Waals surface area contributed by atoms with Crippen LogP contribution in [0.25, 0.3) is 0 Å². The van der Waals surface area contributed by atoms with Crippen LogP contribution in [0.1, 0.15) is 0 Å². The minimum absolute atomic E-state index is 0.543. The zero-order valence-electron chi connectivity index (χ0n) is 5.83. The Kier molecular flexibility index (Phi) is 2.30. The van der Waals surface area contributed by atoms with Gasteiger partial charge in [0.2, 0.25) is 0 Å². The number of rotatable bonds is 1. The van der Waals surface area contributed by atoms with Gasteiger partial charge in [-0.15, -0.1) is 0 Å². The highest BCUT2D eigenvalue weighted by Gasteiger charge is 2.20. The number of aromatic hydroxyl groups is 1. The molecule has 0 aliphatic rings. The van der Waals surface area contributed by atoms with Gasteiger partial charge in [0.15, 0.2) is 11.6 Å². The summed E-state index contributed by atoms with van der Waals surface area (Å²) in [4.78, 5) is 0. The summed E-state index contributed by atoms with van der Waals surface area (Å²) in [5.41, 5.74) is -0.687. The van der Waals surface area contributed by atoms with E-state index in [1.54, 1.807) is 0 Å². The van der Waals surface area contributed by atoms with E-state index in [0.29, 0.717) is 6.07 Å². The van der Waals surface area contributed by atoms with Crippen LogP contribution in [0.15, 0.2) is 12.1 Å². The van der Waals surface area contributed by atoms with Gasteiger partial charge in [-0.3, -0.25) is 0 Å². The molecule has 64 valence electrons. The first-order valence-electron chi connectivity index (χ1n) is 3.06. The van der Waals surface area contributed by atoms with Crippen LogP contribution in [-0.2, 0) is 0 Å². The monoisotopic (exact) mass is 174 g/mol. The maximum atomic E-state index is 12.6. The molecule has 0 heterocycles. The van der Waals surface area contributed by atoms with Gasteiger partial charge in [-0.25, -0.2) is 8.78 Å². The smallest absolute Gasteiger partial charge is 0.491 e. The molecule has 0 unspecified atom stereocenters. The van der Waals surface area contributed by atoms with Gasteiger partial charge in [0, 0.05) is 11.5 Å². The van der Waals surface area contributed by atoms with Gasteiger partial charge in [-0.05, 0) is 6.07 Å². The van der Waals surface area contributed by atoms with E-state index in [9.17, 15) is 8.78 Å². The van der Waals surface area contributed by atoms with E-state index in [0.717, 1.165) is 6.07 Å². The first-order valence-corrected chi connectivity index (χ1v) is 3.06. The van der Waals surface area contributed by atoms with E-state index < -0.39 is 30.0 Å². The molecule has 3 N–H and O–H groups in total. The van der Waals surface area contributed by atoms with Crippen LogP contribution in [-0.4, -0.2) is 22.3 Å². The average molecular weight is 174 g/mol. The van der Waals surface area contributed by atoms with Crippen LogP contribution in [0.2, 0.25) is 0 Å². The Morgan fingerprint density at radius 3 is 2.25 bits per heavy atom. The number of halogens is 2. The molecular formula is C6H5BF2O3. The lowest BCUT2D eigenvalue weighted by molar-refractivity contribution is 0.416. The van der Waals surface area contributed by atoms with Gasteiger partial charge in [0.1, 0.15) is 5.75 Å². The van der Waals surface area contributed by atoms with Crippen LogP contribution in [0.5, 0.6) is 5.75 Å². The second-order valence-electron chi connectivity index (χ2n) is 2.20. The third kappa shape index (κ3) is 1.54. The summed E-state index contributed by atoms with van der Waals surface area (Å²) in [6.07, 6.45) is 0. The molecule has 3 nitrogen and oxygen atoms in total. The number of phenols is 1. The highest BCUT2D eigenvalue weighted by Crippen LogP contribution is 2.11. The first kappa shape index (κ1) is 8.96. The Labute approximate surface area is 67.0 Å². The molecule has 0 amide bonds. The Hall–Kier alpha value is -1.14. The summed E-state index contributed by atoms with van der Waals surface area (Å²) in [6, 6.07) is 1.28. The summed E-state index contributed by atoms with van der Waals surface area (Å²) < 4.78 is 25.1. The van der Waals surface area contributed by atoms with Crippen molar-refractivity contribution in [3.05, 3.63) is 23.8 Å². The molecule has 0 fully saturated rings. The van der Waals surface area contributed by atoms with E-state index in [2.05, 4.69) is 0 Å². The summed E-state index contributed by atoms with van der Waals surface area (Å²) in [5.74, 6) is -3.25. The lowest BCUT2D eigenvalue weighted by atomic mass is 9.79. The molecule has 0 aliphatic heterocycles. The first-order chi connectivity index (χ1) is 5.52. The topological polar surface area (TPSA) is 60.7 Å². The second-order valence-corrected chi connectivity index (χ2v) is 2.20. The van der Waals surface area contributed by atoms with Gasteiger partial charge in [0.05, 0.1) is 0 Å². The number of hydrogen-bond donors (Lipinski definition) is 3. The van der Waals surface area contributed by atoms with Crippen LogP contribution in [0.4, 0.5) is 8.78 Å². The van der Waals surface area contributed by atoms with Crippen LogP contribution in [0.3, 0.4) is 0 Å². The predicted octanol–water partition coefficient (Wildman–Crippen LogP) is -0.650. The molecule has 6 heteroatoms. The van der Waals surface area contributed by atoms with Crippen molar-refractivity contribution in [2.75, 3.05) is 0 Å². The lowest BCUT2D eigenvalue weighted by Crippen LogP contribution is -2.33. The van der Waals surface area contributed by atoms with Crippen molar-refractivity contribution in [1.29, 1.82) is 0 Å². The SMILES string of the molecule is OB(O)c1cc(O)cc(F)c1F. The maximum absolute atomic E-state index is 12.6. The van der Waals surface area contributed by atoms with Gasteiger partial charge in [0.25, 0.3) is 0 Å². The number of benzene rings is 1. The number of phenolic OH excluding ortho intramolecular Hbond substituents is 1. The van der Waals surface area contributed by atoms with Crippen LogP contribution < -0.4 is 5.46 Å². The van der Waals surface area contributed by atoms with Crippen molar-refractivity contribution in [1.82, 2.24) is 0 Å². The standard InChI is InChI=1S/C6H5BF2O3/c8-5-2-3(10)1-4(6(5)9)7(11)12/h1-2,10-12H. The average Bonchev–Trinajstić information content (AvgIpc) is 1.96.